The third-order valence-corrected chi connectivity index (χ3v) is 4.85. The van der Waals surface area contributed by atoms with Crippen molar-refractivity contribution in [3.8, 4) is 0 Å². The lowest BCUT2D eigenvalue weighted by Crippen LogP contribution is -2.31. The maximum absolute atomic E-state index is 12.4. The zero-order valence-corrected chi connectivity index (χ0v) is 13.3. The Morgan fingerprint density at radius 2 is 1.64 bits per heavy atom. The topological polar surface area (TPSA) is 37.4 Å². The first kappa shape index (κ1) is 15.1. The van der Waals surface area contributed by atoms with Gasteiger partial charge in [-0.1, -0.05) is 65.8 Å². The molecule has 22 heavy (non-hydrogen) atoms. The fourth-order valence-electron chi connectivity index (χ4n) is 2.37. The van der Waals surface area contributed by atoms with Gasteiger partial charge in [0.25, 0.3) is 5.24 Å². The van der Waals surface area contributed by atoms with Crippen molar-refractivity contribution in [3.63, 3.8) is 0 Å². The Labute approximate surface area is 138 Å². The maximum Gasteiger partial charge on any atom is 0.289 e. The highest BCUT2D eigenvalue weighted by molar-refractivity contribution is 8.15. The number of thioether (sulfide) groups is 1. The largest absolute Gasteiger partial charge is 0.289 e. The van der Waals surface area contributed by atoms with Crippen LogP contribution in [0, 0.1) is 0 Å². The first-order valence-corrected chi connectivity index (χ1v) is 8.19. The number of halogens is 1. The molecule has 0 bridgehead atoms. The van der Waals surface area contributed by atoms with Crippen LogP contribution in [-0.2, 0) is 17.8 Å². The minimum atomic E-state index is -0.331. The maximum atomic E-state index is 12.4. The van der Waals surface area contributed by atoms with Gasteiger partial charge < -0.3 is 0 Å². The van der Waals surface area contributed by atoms with Gasteiger partial charge in [-0.3, -0.25) is 14.5 Å². The van der Waals surface area contributed by atoms with Gasteiger partial charge in [0.1, 0.15) is 0 Å². The molecule has 0 radical (unpaired) electrons. The van der Waals surface area contributed by atoms with E-state index in [0.717, 1.165) is 22.9 Å². The van der Waals surface area contributed by atoms with Gasteiger partial charge >= 0.3 is 0 Å². The second kappa shape index (κ2) is 6.55. The Morgan fingerprint density at radius 3 is 2.32 bits per heavy atom. The lowest BCUT2D eigenvalue weighted by atomic mass is 10.1. The summed E-state index contributed by atoms with van der Waals surface area (Å²) >= 11 is 6.96. The predicted octanol–water partition coefficient (Wildman–Crippen LogP) is 4.15. The summed E-state index contributed by atoms with van der Waals surface area (Å²) in [5.74, 6) is -0.117. The molecule has 3 rings (SSSR count). The average molecular weight is 332 g/mol. The molecule has 2 aromatic rings. The van der Waals surface area contributed by atoms with E-state index in [1.165, 1.54) is 4.90 Å². The normalized spacial score (nSPS) is 18.0. The van der Waals surface area contributed by atoms with Gasteiger partial charge in [0.05, 0.1) is 11.8 Å². The molecule has 5 heteroatoms. The predicted molar refractivity (Wildman–Crippen MR) is 88.9 cm³/mol. The number of amides is 2. The number of carbonyl (C=O) groups excluding carboxylic acids is 2. The van der Waals surface area contributed by atoms with Gasteiger partial charge in [-0.25, -0.2) is 0 Å². The fraction of sp³-hybridized carbons (Fsp3) is 0.176. The van der Waals surface area contributed by atoms with E-state index in [2.05, 4.69) is 0 Å². The summed E-state index contributed by atoms with van der Waals surface area (Å²) in [4.78, 5) is 25.9. The van der Waals surface area contributed by atoms with Crippen LogP contribution in [0.2, 0.25) is 5.02 Å². The molecule has 2 aromatic carbocycles. The zero-order valence-electron chi connectivity index (χ0n) is 11.7. The number of nitrogens with zero attached hydrogens (tertiary/aromatic N) is 1. The van der Waals surface area contributed by atoms with Crippen LogP contribution in [0.4, 0.5) is 4.79 Å². The standard InChI is InChI=1S/C17H14ClNO2S/c18-14-8-6-13(7-9-14)11-19-16(20)15(22-17(19)21)10-12-4-2-1-3-5-12/h1-9,15H,10-11H2/t15-/m0/s1. The van der Waals surface area contributed by atoms with E-state index in [1.54, 1.807) is 12.1 Å². The van der Waals surface area contributed by atoms with Crippen molar-refractivity contribution in [2.45, 2.75) is 18.2 Å². The smallest absolute Gasteiger partial charge is 0.273 e. The van der Waals surface area contributed by atoms with E-state index in [0.29, 0.717) is 18.0 Å². The van der Waals surface area contributed by atoms with Crippen molar-refractivity contribution >= 4 is 34.5 Å². The number of hydrogen-bond acceptors (Lipinski definition) is 3. The summed E-state index contributed by atoms with van der Waals surface area (Å²) in [6, 6.07) is 16.9. The number of imide groups is 1. The molecular formula is C17H14ClNO2S. The molecule has 0 N–H and O–H groups in total. The molecule has 0 spiro atoms. The van der Waals surface area contributed by atoms with Crippen molar-refractivity contribution in [1.29, 1.82) is 0 Å². The van der Waals surface area contributed by atoms with E-state index < -0.39 is 0 Å². The van der Waals surface area contributed by atoms with Crippen LogP contribution < -0.4 is 0 Å². The highest BCUT2D eigenvalue weighted by atomic mass is 35.5. The molecule has 0 aliphatic carbocycles. The zero-order chi connectivity index (χ0) is 15.5. The molecule has 2 amide bonds. The summed E-state index contributed by atoms with van der Waals surface area (Å²) in [5.41, 5.74) is 1.96. The van der Waals surface area contributed by atoms with Gasteiger partial charge in [0.15, 0.2) is 0 Å². The molecule has 0 saturated carbocycles. The van der Waals surface area contributed by atoms with Gasteiger partial charge in [-0.15, -0.1) is 0 Å². The fourth-order valence-corrected chi connectivity index (χ4v) is 3.53. The summed E-state index contributed by atoms with van der Waals surface area (Å²) in [6.07, 6.45) is 0.577. The molecule has 0 aromatic heterocycles. The van der Waals surface area contributed by atoms with Gasteiger partial charge in [0, 0.05) is 5.02 Å². The van der Waals surface area contributed by atoms with Gasteiger partial charge in [-0.2, -0.15) is 0 Å². The molecule has 1 aliphatic heterocycles. The van der Waals surface area contributed by atoms with Gasteiger partial charge in [-0.05, 0) is 29.7 Å². The second-order valence-electron chi connectivity index (χ2n) is 5.11. The van der Waals surface area contributed by atoms with E-state index in [9.17, 15) is 9.59 Å². The highest BCUT2D eigenvalue weighted by Crippen LogP contribution is 2.30. The van der Waals surface area contributed by atoms with Crippen molar-refractivity contribution in [3.05, 3.63) is 70.7 Å². The van der Waals surface area contributed by atoms with Crippen LogP contribution in [0.1, 0.15) is 11.1 Å². The third kappa shape index (κ3) is 3.34. The quantitative estimate of drug-likeness (QED) is 0.844. The van der Waals surface area contributed by atoms with Crippen LogP contribution in [0.3, 0.4) is 0 Å². The highest BCUT2D eigenvalue weighted by Gasteiger charge is 2.39. The Kier molecular flexibility index (Phi) is 4.50. The second-order valence-corrected chi connectivity index (χ2v) is 6.70. The van der Waals surface area contributed by atoms with E-state index in [4.69, 9.17) is 11.6 Å². The Balaban J connectivity index is 1.70. The molecule has 1 aliphatic rings. The summed E-state index contributed by atoms with van der Waals surface area (Å²) in [5, 5.41) is 0.127. The van der Waals surface area contributed by atoms with Crippen molar-refractivity contribution in [1.82, 2.24) is 4.90 Å². The third-order valence-electron chi connectivity index (χ3n) is 3.52. The average Bonchev–Trinajstić information content (AvgIpc) is 2.78. The molecule has 1 atom stereocenters. The first-order valence-electron chi connectivity index (χ1n) is 6.94. The monoisotopic (exact) mass is 331 g/mol. The van der Waals surface area contributed by atoms with E-state index in [1.807, 2.05) is 42.5 Å². The van der Waals surface area contributed by atoms with Gasteiger partial charge in [0.2, 0.25) is 5.91 Å². The lowest BCUT2D eigenvalue weighted by molar-refractivity contribution is -0.127. The minimum absolute atomic E-state index is 0.117. The van der Waals surface area contributed by atoms with Crippen LogP contribution >= 0.6 is 23.4 Å². The molecule has 1 fully saturated rings. The van der Waals surface area contributed by atoms with E-state index in [-0.39, 0.29) is 16.4 Å². The number of benzene rings is 2. The SMILES string of the molecule is O=C1S[C@@H](Cc2ccccc2)C(=O)N1Cc1ccc(Cl)cc1. The van der Waals surface area contributed by atoms with Crippen LogP contribution in [0.25, 0.3) is 0 Å². The lowest BCUT2D eigenvalue weighted by Gasteiger charge is -2.14. The number of rotatable bonds is 4. The molecule has 0 unspecified atom stereocenters. The van der Waals surface area contributed by atoms with Crippen molar-refractivity contribution in [2.75, 3.05) is 0 Å². The van der Waals surface area contributed by atoms with Crippen molar-refractivity contribution < 1.29 is 9.59 Å². The van der Waals surface area contributed by atoms with Crippen LogP contribution in [-0.4, -0.2) is 21.3 Å². The number of hydrogen-bond donors (Lipinski definition) is 0. The summed E-state index contributed by atoms with van der Waals surface area (Å²) < 4.78 is 0. The van der Waals surface area contributed by atoms with Crippen LogP contribution in [0.15, 0.2) is 54.6 Å². The summed E-state index contributed by atoms with van der Waals surface area (Å²) in [6.45, 7) is 0.299. The van der Waals surface area contributed by atoms with Crippen molar-refractivity contribution in [2.24, 2.45) is 0 Å². The Morgan fingerprint density at radius 1 is 0.955 bits per heavy atom. The molecule has 1 heterocycles. The van der Waals surface area contributed by atoms with Crippen LogP contribution in [0.5, 0.6) is 0 Å². The Hall–Kier alpha value is -1.78. The summed E-state index contributed by atoms with van der Waals surface area (Å²) in [7, 11) is 0. The van der Waals surface area contributed by atoms with E-state index >= 15 is 0 Å². The molecule has 1 saturated heterocycles. The molecule has 3 nitrogen and oxygen atoms in total. The first-order chi connectivity index (χ1) is 10.6. The molecule has 112 valence electrons. The number of carbonyl (C=O) groups is 2. The Bertz CT molecular complexity index is 688. The minimum Gasteiger partial charge on any atom is -0.273 e. The molecular weight excluding hydrogens is 318 g/mol.